The van der Waals surface area contributed by atoms with Crippen molar-refractivity contribution in [3.05, 3.63) is 194 Å². The van der Waals surface area contributed by atoms with E-state index in [4.69, 9.17) is 8.83 Å². The summed E-state index contributed by atoms with van der Waals surface area (Å²) in [6, 6.07) is 69.7. The zero-order valence-corrected chi connectivity index (χ0v) is 34.3. The lowest BCUT2D eigenvalue weighted by Crippen LogP contribution is -1.96. The first kappa shape index (κ1) is 35.0. The van der Waals surface area contributed by atoms with E-state index >= 15 is 0 Å². The Kier molecular flexibility index (Phi) is 8.03. The minimum absolute atomic E-state index is 0.882. The van der Waals surface area contributed by atoms with Crippen molar-refractivity contribution in [2.24, 2.45) is 0 Å². The largest absolute Gasteiger partial charge is 0.456 e. The van der Waals surface area contributed by atoms with Crippen LogP contribution in [0.15, 0.2) is 203 Å². The van der Waals surface area contributed by atoms with Crippen LogP contribution in [0, 0.1) is 0 Å². The molecule has 13 rings (SSSR count). The Labute approximate surface area is 352 Å². The fourth-order valence-corrected chi connectivity index (χ4v) is 9.50. The SMILES string of the molecule is PS.c1cc(-c2cc(-n3c4ccccc4c4ccccc43)cc3c2oc2ccccc23)cc(-n2c3ccccc3c3cc(-c4ccc5oc6ccccc6c5c4)ccc32)c1. The lowest BCUT2D eigenvalue weighted by molar-refractivity contribution is 0.669. The Hall–Kier alpha value is -7.04. The summed E-state index contributed by atoms with van der Waals surface area (Å²) in [7, 11) is 2.11. The summed E-state index contributed by atoms with van der Waals surface area (Å²) < 4.78 is 17.7. The second-order valence-electron chi connectivity index (χ2n) is 15.3. The molecular formula is C54H35N2O2PS. The molecule has 0 saturated heterocycles. The highest BCUT2D eigenvalue weighted by atomic mass is 32.7. The van der Waals surface area contributed by atoms with E-state index < -0.39 is 0 Å². The third kappa shape index (κ3) is 5.23. The zero-order chi connectivity index (χ0) is 39.9. The summed E-state index contributed by atoms with van der Waals surface area (Å²) >= 11 is 3.44. The Morgan fingerprint density at radius 3 is 1.50 bits per heavy atom. The molecule has 4 heterocycles. The molecule has 1 atom stereocenters. The van der Waals surface area contributed by atoms with Gasteiger partial charge >= 0.3 is 0 Å². The van der Waals surface area contributed by atoms with Gasteiger partial charge in [0, 0.05) is 60.0 Å². The molecule has 6 heteroatoms. The minimum Gasteiger partial charge on any atom is -0.456 e. The van der Waals surface area contributed by atoms with Gasteiger partial charge in [0.05, 0.1) is 22.1 Å². The maximum Gasteiger partial charge on any atom is 0.143 e. The summed E-state index contributed by atoms with van der Waals surface area (Å²) in [4.78, 5) is 0. The molecule has 0 spiro atoms. The third-order valence-corrected chi connectivity index (χ3v) is 12.1. The van der Waals surface area contributed by atoms with Crippen LogP contribution in [0.5, 0.6) is 0 Å². The van der Waals surface area contributed by atoms with Gasteiger partial charge in [-0.25, -0.2) is 0 Å². The lowest BCUT2D eigenvalue weighted by atomic mass is 10.00. The van der Waals surface area contributed by atoms with Crippen LogP contribution in [0.25, 0.3) is 121 Å². The summed E-state index contributed by atoms with van der Waals surface area (Å²) in [6.45, 7) is 0. The predicted octanol–water partition coefficient (Wildman–Crippen LogP) is 15.7. The molecule has 0 amide bonds. The lowest BCUT2D eigenvalue weighted by Gasteiger charge is -2.13. The van der Waals surface area contributed by atoms with Gasteiger partial charge in [0.15, 0.2) is 0 Å². The Bertz CT molecular complexity index is 3780. The van der Waals surface area contributed by atoms with Crippen LogP contribution in [0.2, 0.25) is 0 Å². The number of nitrogens with zero attached hydrogens (tertiary/aromatic N) is 2. The van der Waals surface area contributed by atoms with Gasteiger partial charge in [-0.1, -0.05) is 124 Å². The average molecular weight is 807 g/mol. The molecule has 60 heavy (non-hydrogen) atoms. The van der Waals surface area contributed by atoms with Crippen LogP contribution in [-0.4, -0.2) is 9.13 Å². The zero-order valence-electron chi connectivity index (χ0n) is 32.2. The molecule has 0 saturated carbocycles. The highest BCUT2D eigenvalue weighted by Crippen LogP contribution is 2.42. The minimum atomic E-state index is 0.882. The normalized spacial score (nSPS) is 11.8. The van der Waals surface area contributed by atoms with Crippen molar-refractivity contribution in [1.82, 2.24) is 9.13 Å². The Balaban J connectivity index is 0.00000191. The van der Waals surface area contributed by atoms with Gasteiger partial charge in [0.2, 0.25) is 0 Å². The summed E-state index contributed by atoms with van der Waals surface area (Å²) in [5.41, 5.74) is 14.9. The fourth-order valence-electron chi connectivity index (χ4n) is 9.50. The van der Waals surface area contributed by atoms with Gasteiger partial charge in [-0.3, -0.25) is 0 Å². The number of furan rings is 2. The highest BCUT2D eigenvalue weighted by molar-refractivity contribution is 8.31. The first-order valence-electron chi connectivity index (χ1n) is 20.0. The van der Waals surface area contributed by atoms with Crippen LogP contribution < -0.4 is 0 Å². The number of hydrogen-bond acceptors (Lipinski definition) is 3. The van der Waals surface area contributed by atoms with Crippen LogP contribution in [0.1, 0.15) is 0 Å². The van der Waals surface area contributed by atoms with E-state index in [0.29, 0.717) is 0 Å². The van der Waals surface area contributed by atoms with E-state index in [1.807, 2.05) is 18.2 Å². The van der Waals surface area contributed by atoms with Crippen molar-refractivity contribution in [3.63, 3.8) is 0 Å². The first-order chi connectivity index (χ1) is 29.7. The second kappa shape index (κ2) is 13.8. The van der Waals surface area contributed by atoms with Gasteiger partial charge in [-0.2, -0.15) is 12.2 Å². The third-order valence-electron chi connectivity index (χ3n) is 12.1. The number of aromatic nitrogens is 2. The maximum atomic E-state index is 6.73. The molecule has 0 aliphatic rings. The summed E-state index contributed by atoms with van der Waals surface area (Å²) in [5.74, 6) is 0. The standard InChI is InChI=1S/C54H32N2O2.H3PS/c1-6-19-47-38(14-1)39-15-2-7-20-48(39)56(47)37-31-43(54-46(32-37)42-18-5-10-23-52(42)58-54)35-12-11-13-36(28-35)55-49-21-8-3-16-40(49)44-29-33(24-26-50(44)55)34-25-27-53-45(30-34)41-17-4-9-22-51(41)57-53;1-2/h1-32H;2H,1H2. The molecule has 13 aromatic rings. The number of fused-ring (bicyclic) bond motifs is 12. The summed E-state index contributed by atoms with van der Waals surface area (Å²) in [5, 5.41) is 9.38. The number of para-hydroxylation sites is 5. The fraction of sp³-hybridized carbons (Fsp3) is 0. The van der Waals surface area contributed by atoms with Crippen molar-refractivity contribution >= 4 is 108 Å². The maximum absolute atomic E-state index is 6.73. The van der Waals surface area contributed by atoms with Gasteiger partial charge in [0.1, 0.15) is 22.3 Å². The van der Waals surface area contributed by atoms with Crippen molar-refractivity contribution < 1.29 is 8.83 Å². The van der Waals surface area contributed by atoms with E-state index in [0.717, 1.165) is 83.0 Å². The number of rotatable bonds is 4. The first-order valence-corrected chi connectivity index (χ1v) is 22.1. The van der Waals surface area contributed by atoms with Crippen molar-refractivity contribution in [1.29, 1.82) is 0 Å². The Morgan fingerprint density at radius 2 is 0.817 bits per heavy atom. The molecular weight excluding hydrogens is 772 g/mol. The number of benzene rings is 9. The van der Waals surface area contributed by atoms with Crippen molar-refractivity contribution in [2.45, 2.75) is 0 Å². The smallest absolute Gasteiger partial charge is 0.143 e. The van der Waals surface area contributed by atoms with Crippen molar-refractivity contribution in [2.75, 3.05) is 0 Å². The van der Waals surface area contributed by atoms with Crippen LogP contribution >= 0.6 is 20.7 Å². The van der Waals surface area contributed by atoms with Crippen molar-refractivity contribution in [3.8, 4) is 33.6 Å². The molecule has 0 radical (unpaired) electrons. The molecule has 4 nitrogen and oxygen atoms in total. The van der Waals surface area contributed by atoms with Crippen LogP contribution in [0.4, 0.5) is 0 Å². The predicted molar refractivity (Wildman–Crippen MR) is 259 cm³/mol. The van der Waals surface area contributed by atoms with E-state index in [2.05, 4.69) is 206 Å². The molecule has 284 valence electrons. The molecule has 0 aliphatic heterocycles. The number of hydrogen-bond donors (Lipinski definition) is 1. The Morgan fingerprint density at radius 1 is 0.317 bits per heavy atom. The van der Waals surface area contributed by atoms with E-state index in [-0.39, 0.29) is 0 Å². The van der Waals surface area contributed by atoms with E-state index in [9.17, 15) is 0 Å². The molecule has 0 aliphatic carbocycles. The quantitative estimate of drug-likeness (QED) is 0.142. The van der Waals surface area contributed by atoms with Gasteiger partial charge in [0.25, 0.3) is 0 Å². The van der Waals surface area contributed by atoms with E-state index in [1.165, 1.54) is 38.1 Å². The monoisotopic (exact) mass is 806 g/mol. The van der Waals surface area contributed by atoms with Gasteiger partial charge < -0.3 is 18.0 Å². The molecule has 0 bridgehead atoms. The van der Waals surface area contributed by atoms with Crippen LogP contribution in [-0.2, 0) is 0 Å². The molecule has 4 aromatic heterocycles. The summed E-state index contributed by atoms with van der Waals surface area (Å²) in [6.07, 6.45) is 0. The number of thiol groups is 1. The molecule has 0 N–H and O–H groups in total. The topological polar surface area (TPSA) is 36.1 Å². The van der Waals surface area contributed by atoms with Gasteiger partial charge in [-0.05, 0) is 95.6 Å². The van der Waals surface area contributed by atoms with Gasteiger partial charge in [-0.15, -0.1) is 0 Å². The molecule has 1 unspecified atom stereocenters. The second-order valence-corrected chi connectivity index (χ2v) is 15.3. The molecule has 0 fully saturated rings. The average Bonchev–Trinajstić information content (AvgIpc) is 4.07. The van der Waals surface area contributed by atoms with E-state index in [1.54, 1.807) is 0 Å². The molecule has 9 aromatic carbocycles. The van der Waals surface area contributed by atoms with Crippen LogP contribution in [0.3, 0.4) is 0 Å². The highest BCUT2D eigenvalue weighted by Gasteiger charge is 2.20.